The maximum Gasteiger partial charge on any atom is 0.281 e. The third-order valence-corrected chi connectivity index (χ3v) is 10.7. The average Bonchev–Trinajstić information content (AvgIpc) is 2.97. The van der Waals surface area contributed by atoms with Crippen LogP contribution in [0.2, 0.25) is 11.1 Å². The Morgan fingerprint density at radius 1 is 0.651 bits per heavy atom. The van der Waals surface area contributed by atoms with Gasteiger partial charge >= 0.3 is 0 Å². The lowest BCUT2D eigenvalue weighted by Crippen LogP contribution is -2.28. The lowest BCUT2D eigenvalue weighted by Gasteiger charge is -2.36. The zero-order chi connectivity index (χ0) is 32.0. The normalized spacial score (nSPS) is 12.8. The number of aryl methyl sites for hydroxylation is 1. The molecule has 0 aliphatic heterocycles. The minimum absolute atomic E-state index is 0.298. The monoisotopic (exact) mass is 594 g/mol. The highest BCUT2D eigenvalue weighted by Gasteiger charge is 2.29. The predicted molar refractivity (Wildman–Crippen MR) is 193 cm³/mol. The summed E-state index contributed by atoms with van der Waals surface area (Å²) < 4.78 is 11.0. The SMILES string of the molecule is C/C=C/c1ccc(/C=C/c2ccc(CC(Cc3ccc(C)cc3)C(C)(C)CCC(C)C)cc2)cc1.CC(C)[Si](=O)C(C)C. The molecule has 232 valence electrons. The molecular weight excluding hydrogens is 537 g/mol. The fourth-order valence-electron chi connectivity index (χ4n) is 5.32. The molecule has 0 radical (unpaired) electrons. The summed E-state index contributed by atoms with van der Waals surface area (Å²) in [5, 5.41) is 0. The standard InChI is InChI=1S/C35H44.C6H14OSi/c1-7-8-29-13-15-30(16-14-29)17-18-31-19-21-33(22-20-31)26-34(35(5,6)24-23-27(2)3)25-32-11-9-28(4)10-12-32;1-5(2)8(7)6(3)4/h7-22,27,34H,23-26H2,1-6H3;5-6H,1-4H3/b8-7+,18-17+;. The van der Waals surface area contributed by atoms with Gasteiger partial charge in [0.25, 0.3) is 8.68 Å². The lowest BCUT2D eigenvalue weighted by atomic mass is 9.69. The Kier molecular flexibility index (Phi) is 15.3. The molecule has 1 nitrogen and oxygen atoms in total. The van der Waals surface area contributed by atoms with Crippen molar-refractivity contribution in [3.63, 3.8) is 0 Å². The van der Waals surface area contributed by atoms with Gasteiger partial charge in [-0.1, -0.05) is 164 Å². The van der Waals surface area contributed by atoms with Gasteiger partial charge in [0.1, 0.15) is 0 Å². The number of hydrogen-bond donors (Lipinski definition) is 0. The van der Waals surface area contributed by atoms with Crippen molar-refractivity contribution < 1.29 is 4.46 Å². The highest BCUT2D eigenvalue weighted by atomic mass is 28.3. The molecule has 0 saturated carbocycles. The van der Waals surface area contributed by atoms with Gasteiger partial charge in [0.2, 0.25) is 0 Å². The maximum absolute atomic E-state index is 11.0. The van der Waals surface area contributed by atoms with E-state index in [0.29, 0.717) is 22.4 Å². The number of benzene rings is 3. The van der Waals surface area contributed by atoms with Gasteiger partial charge < -0.3 is 4.46 Å². The van der Waals surface area contributed by atoms with Gasteiger partial charge in [-0.15, -0.1) is 0 Å². The van der Waals surface area contributed by atoms with Crippen LogP contribution in [-0.4, -0.2) is 8.68 Å². The molecule has 0 aliphatic carbocycles. The molecule has 43 heavy (non-hydrogen) atoms. The first kappa shape index (κ1) is 36.3. The van der Waals surface area contributed by atoms with Crippen molar-refractivity contribution in [1.82, 2.24) is 0 Å². The highest BCUT2D eigenvalue weighted by Crippen LogP contribution is 2.38. The summed E-state index contributed by atoms with van der Waals surface area (Å²) >= 11 is 0. The van der Waals surface area contributed by atoms with Crippen molar-refractivity contribution in [2.24, 2.45) is 17.3 Å². The lowest BCUT2D eigenvalue weighted by molar-refractivity contribution is 0.179. The van der Waals surface area contributed by atoms with Crippen LogP contribution in [0.4, 0.5) is 0 Å². The zero-order valence-electron chi connectivity index (χ0n) is 28.8. The maximum atomic E-state index is 11.0. The molecule has 0 fully saturated rings. The Morgan fingerprint density at radius 2 is 1.05 bits per heavy atom. The van der Waals surface area contributed by atoms with E-state index in [0.717, 1.165) is 18.8 Å². The summed E-state index contributed by atoms with van der Waals surface area (Å²) in [4.78, 5) is 0. The predicted octanol–water partition coefficient (Wildman–Crippen LogP) is 12.3. The van der Waals surface area contributed by atoms with E-state index in [-0.39, 0.29) is 0 Å². The van der Waals surface area contributed by atoms with E-state index >= 15 is 0 Å². The summed E-state index contributed by atoms with van der Waals surface area (Å²) in [7, 11) is -1.27. The highest BCUT2D eigenvalue weighted by molar-refractivity contribution is 6.46. The van der Waals surface area contributed by atoms with Gasteiger partial charge in [0, 0.05) is 0 Å². The first-order valence-corrected chi connectivity index (χ1v) is 18.0. The van der Waals surface area contributed by atoms with Gasteiger partial charge in [0.05, 0.1) is 0 Å². The van der Waals surface area contributed by atoms with Crippen LogP contribution in [0.1, 0.15) is 109 Å². The van der Waals surface area contributed by atoms with Gasteiger partial charge in [0.15, 0.2) is 0 Å². The van der Waals surface area contributed by atoms with E-state index in [1.165, 1.54) is 46.2 Å². The van der Waals surface area contributed by atoms with E-state index in [2.05, 4.69) is 139 Å². The van der Waals surface area contributed by atoms with Gasteiger partial charge in [-0.2, -0.15) is 0 Å². The molecule has 1 atom stereocenters. The minimum Gasteiger partial charge on any atom is -0.388 e. The van der Waals surface area contributed by atoms with E-state index < -0.39 is 8.68 Å². The van der Waals surface area contributed by atoms with Crippen molar-refractivity contribution in [2.45, 2.75) is 106 Å². The molecule has 3 aromatic carbocycles. The molecule has 1 unspecified atom stereocenters. The van der Waals surface area contributed by atoms with E-state index in [1.807, 2.05) is 27.7 Å². The van der Waals surface area contributed by atoms with Gasteiger partial charge in [-0.3, -0.25) is 0 Å². The molecule has 3 rings (SSSR count). The number of allylic oxidation sites excluding steroid dienone is 1. The van der Waals surface area contributed by atoms with Gasteiger partial charge in [-0.25, -0.2) is 0 Å². The molecule has 0 spiro atoms. The summed E-state index contributed by atoms with van der Waals surface area (Å²) in [5.74, 6) is 1.36. The van der Waals surface area contributed by atoms with Crippen LogP contribution in [0, 0.1) is 24.2 Å². The van der Waals surface area contributed by atoms with Crippen LogP contribution in [0.15, 0.2) is 78.9 Å². The van der Waals surface area contributed by atoms with E-state index in [4.69, 9.17) is 0 Å². The molecule has 0 saturated heterocycles. The molecule has 0 N–H and O–H groups in total. The smallest absolute Gasteiger partial charge is 0.281 e. The van der Waals surface area contributed by atoms with Crippen LogP contribution in [0.25, 0.3) is 18.2 Å². The quantitative estimate of drug-likeness (QED) is 0.142. The topological polar surface area (TPSA) is 17.1 Å². The van der Waals surface area contributed by atoms with Crippen LogP contribution >= 0.6 is 0 Å². The first-order chi connectivity index (χ1) is 20.3. The van der Waals surface area contributed by atoms with Crippen LogP contribution in [0.3, 0.4) is 0 Å². The van der Waals surface area contributed by atoms with E-state index in [1.54, 1.807) is 0 Å². The molecule has 0 aromatic heterocycles. The van der Waals surface area contributed by atoms with Crippen LogP contribution in [0.5, 0.6) is 0 Å². The molecule has 0 bridgehead atoms. The first-order valence-electron chi connectivity index (χ1n) is 16.4. The van der Waals surface area contributed by atoms with Gasteiger partial charge in [-0.05, 0) is 89.3 Å². The fourth-order valence-corrected chi connectivity index (χ4v) is 6.65. The van der Waals surface area contributed by atoms with Crippen molar-refractivity contribution in [3.8, 4) is 0 Å². The molecular formula is C41H58OSi. The van der Waals surface area contributed by atoms with Crippen molar-refractivity contribution in [1.29, 1.82) is 0 Å². The number of rotatable bonds is 13. The molecule has 3 aromatic rings. The third kappa shape index (κ3) is 13.6. The summed E-state index contributed by atoms with van der Waals surface area (Å²) in [6.07, 6.45) is 13.4. The molecule has 0 amide bonds. The summed E-state index contributed by atoms with van der Waals surface area (Å²) in [5.41, 5.74) is 9.03. The second-order valence-electron chi connectivity index (χ2n) is 14.0. The van der Waals surface area contributed by atoms with E-state index in [9.17, 15) is 4.46 Å². The Bertz CT molecular complexity index is 1260. The van der Waals surface area contributed by atoms with Crippen molar-refractivity contribution in [2.75, 3.05) is 0 Å². The van der Waals surface area contributed by atoms with Crippen molar-refractivity contribution >= 4 is 26.9 Å². The average molecular weight is 595 g/mol. The number of hydrogen-bond acceptors (Lipinski definition) is 1. The molecule has 0 aliphatic rings. The molecule has 2 heteroatoms. The minimum atomic E-state index is -1.27. The fraction of sp³-hybridized carbons (Fsp3) is 0.463. The van der Waals surface area contributed by atoms with Crippen LogP contribution in [-0.2, 0) is 17.3 Å². The van der Waals surface area contributed by atoms with Crippen LogP contribution < -0.4 is 0 Å². The second-order valence-corrected chi connectivity index (χ2v) is 17.1. The summed E-state index contributed by atoms with van der Waals surface area (Å²) in [6.45, 7) is 21.9. The Morgan fingerprint density at radius 3 is 1.42 bits per heavy atom. The summed E-state index contributed by atoms with van der Waals surface area (Å²) in [6, 6.07) is 27.0. The third-order valence-electron chi connectivity index (χ3n) is 8.44. The Hall–Kier alpha value is -2.84. The molecule has 0 heterocycles. The van der Waals surface area contributed by atoms with Crippen molar-refractivity contribution in [3.05, 3.63) is 112 Å². The Balaban J connectivity index is 0.000000708. The Labute approximate surface area is 266 Å². The largest absolute Gasteiger partial charge is 0.388 e. The second kappa shape index (κ2) is 18.1. The zero-order valence-corrected chi connectivity index (χ0v) is 29.8.